The van der Waals surface area contributed by atoms with Crippen LogP contribution in [-0.4, -0.2) is 41.2 Å². The van der Waals surface area contributed by atoms with Gasteiger partial charge in [0, 0.05) is 18.7 Å². The third-order valence-corrected chi connectivity index (χ3v) is 4.78. The topological polar surface area (TPSA) is 49.8 Å². The summed E-state index contributed by atoms with van der Waals surface area (Å²) in [5.41, 5.74) is 0.419. The molecule has 0 aromatic heterocycles. The third kappa shape index (κ3) is 2.91. The Labute approximate surface area is 125 Å². The summed E-state index contributed by atoms with van der Waals surface area (Å²) in [5.74, 6) is 0.755. The van der Waals surface area contributed by atoms with Gasteiger partial charge in [-0.1, -0.05) is 19.4 Å². The minimum absolute atomic E-state index is 0.00600. The molecular weight excluding hydrogens is 266 g/mol. The number of nitrogens with zero attached hydrogens (tertiary/aromatic N) is 1. The summed E-state index contributed by atoms with van der Waals surface area (Å²) in [7, 11) is 0. The second kappa shape index (κ2) is 5.68. The minimum Gasteiger partial charge on any atom is -0.508 e. The third-order valence-electron chi connectivity index (χ3n) is 4.78. The van der Waals surface area contributed by atoms with Gasteiger partial charge < -0.3 is 14.7 Å². The highest BCUT2D eigenvalue weighted by molar-refractivity contribution is 5.94. The van der Waals surface area contributed by atoms with E-state index in [1.807, 2.05) is 4.90 Å². The fourth-order valence-corrected chi connectivity index (χ4v) is 3.58. The first-order chi connectivity index (χ1) is 10.1. The number of piperidine rings is 1. The molecule has 21 heavy (non-hydrogen) atoms. The molecule has 4 nitrogen and oxygen atoms in total. The van der Waals surface area contributed by atoms with Crippen LogP contribution in [0.15, 0.2) is 24.3 Å². The van der Waals surface area contributed by atoms with E-state index in [-0.39, 0.29) is 17.3 Å². The molecule has 1 aromatic carbocycles. The van der Waals surface area contributed by atoms with Crippen LogP contribution < -0.4 is 0 Å². The monoisotopic (exact) mass is 289 g/mol. The molecule has 0 aliphatic carbocycles. The number of ether oxygens (including phenoxy) is 1. The molecule has 2 fully saturated rings. The van der Waals surface area contributed by atoms with Gasteiger partial charge in [0.15, 0.2) is 0 Å². The van der Waals surface area contributed by atoms with Gasteiger partial charge in [-0.05, 0) is 43.4 Å². The van der Waals surface area contributed by atoms with Crippen molar-refractivity contribution < 1.29 is 14.6 Å². The Hall–Kier alpha value is -1.55. The first kappa shape index (κ1) is 14.4. The molecule has 114 valence electrons. The van der Waals surface area contributed by atoms with Gasteiger partial charge >= 0.3 is 0 Å². The summed E-state index contributed by atoms with van der Waals surface area (Å²) in [4.78, 5) is 14.5. The molecule has 1 aromatic rings. The van der Waals surface area contributed by atoms with Gasteiger partial charge in [-0.3, -0.25) is 4.79 Å². The summed E-state index contributed by atoms with van der Waals surface area (Å²) < 4.78 is 6.08. The minimum atomic E-state index is -0.134. The van der Waals surface area contributed by atoms with E-state index in [1.54, 1.807) is 18.2 Å². The molecule has 1 N–H and O–H groups in total. The molecule has 2 aliphatic heterocycles. The Kier molecular flexibility index (Phi) is 3.89. The Morgan fingerprint density at radius 2 is 2.38 bits per heavy atom. The lowest BCUT2D eigenvalue weighted by molar-refractivity contribution is -0.0449. The van der Waals surface area contributed by atoms with E-state index < -0.39 is 0 Å². The van der Waals surface area contributed by atoms with E-state index in [9.17, 15) is 9.90 Å². The van der Waals surface area contributed by atoms with Crippen molar-refractivity contribution >= 4 is 5.91 Å². The molecular formula is C17H23NO3. The Morgan fingerprint density at radius 3 is 3.10 bits per heavy atom. The van der Waals surface area contributed by atoms with E-state index >= 15 is 0 Å². The summed E-state index contributed by atoms with van der Waals surface area (Å²) in [6.07, 6.45) is 4.24. The number of amides is 1. The van der Waals surface area contributed by atoms with Crippen LogP contribution in [-0.2, 0) is 4.74 Å². The normalized spacial score (nSPS) is 29.0. The van der Waals surface area contributed by atoms with Crippen molar-refractivity contribution in [3.05, 3.63) is 29.8 Å². The molecule has 2 heterocycles. The second-order valence-corrected chi connectivity index (χ2v) is 6.35. The smallest absolute Gasteiger partial charge is 0.254 e. The molecule has 2 atom stereocenters. The zero-order valence-electron chi connectivity index (χ0n) is 12.5. The number of carbonyl (C=O) groups is 1. The summed E-state index contributed by atoms with van der Waals surface area (Å²) in [6, 6.07) is 6.59. The van der Waals surface area contributed by atoms with Gasteiger partial charge in [-0.15, -0.1) is 0 Å². The maximum Gasteiger partial charge on any atom is 0.254 e. The highest BCUT2D eigenvalue weighted by Gasteiger charge is 2.43. The summed E-state index contributed by atoms with van der Waals surface area (Å²) >= 11 is 0. The summed E-state index contributed by atoms with van der Waals surface area (Å²) in [5, 5.41) is 9.54. The number of benzene rings is 1. The number of rotatable bonds is 2. The first-order valence-corrected chi connectivity index (χ1v) is 7.84. The molecule has 0 bridgehead atoms. The summed E-state index contributed by atoms with van der Waals surface area (Å²) in [6.45, 7) is 4.48. The number of hydrogen-bond acceptors (Lipinski definition) is 3. The van der Waals surface area contributed by atoms with Gasteiger partial charge in [0.25, 0.3) is 5.91 Å². The maximum absolute atomic E-state index is 12.6. The van der Waals surface area contributed by atoms with Gasteiger partial charge in [0.1, 0.15) is 5.75 Å². The van der Waals surface area contributed by atoms with Crippen molar-refractivity contribution in [2.24, 2.45) is 5.92 Å². The van der Waals surface area contributed by atoms with Crippen molar-refractivity contribution in [2.75, 3.05) is 19.7 Å². The molecule has 0 radical (unpaired) electrons. The molecule has 1 amide bonds. The van der Waals surface area contributed by atoms with Gasteiger partial charge in [-0.2, -0.15) is 0 Å². The Morgan fingerprint density at radius 1 is 1.52 bits per heavy atom. The lowest BCUT2D eigenvalue weighted by Crippen LogP contribution is -2.50. The fourth-order valence-electron chi connectivity index (χ4n) is 3.58. The van der Waals surface area contributed by atoms with Crippen LogP contribution in [0, 0.1) is 5.92 Å². The van der Waals surface area contributed by atoms with Crippen molar-refractivity contribution in [1.29, 1.82) is 0 Å². The van der Waals surface area contributed by atoms with Crippen LogP contribution in [0.25, 0.3) is 0 Å². The highest BCUT2D eigenvalue weighted by atomic mass is 16.5. The van der Waals surface area contributed by atoms with Gasteiger partial charge in [-0.25, -0.2) is 0 Å². The lowest BCUT2D eigenvalue weighted by Gasteiger charge is -2.39. The number of phenolic OH excluding ortho intramolecular Hbond substituents is 1. The number of carbonyl (C=O) groups excluding carboxylic acids is 1. The quantitative estimate of drug-likeness (QED) is 0.911. The van der Waals surface area contributed by atoms with Crippen LogP contribution in [0.4, 0.5) is 0 Å². The maximum atomic E-state index is 12.6. The zero-order valence-corrected chi connectivity index (χ0v) is 12.5. The van der Waals surface area contributed by atoms with Crippen molar-refractivity contribution in [3.63, 3.8) is 0 Å². The Bertz CT molecular complexity index is 531. The standard InChI is InChI=1S/C17H23NO3/c1-2-13-10-17(21-11-13)7-4-8-18(12-17)16(20)14-5-3-6-15(19)9-14/h3,5-6,9,13,19H,2,4,7-8,10-12H2,1H3/t13-,17-/m0/s1. The van der Waals surface area contributed by atoms with Gasteiger partial charge in [0.05, 0.1) is 12.2 Å². The average molecular weight is 289 g/mol. The highest BCUT2D eigenvalue weighted by Crippen LogP contribution is 2.38. The van der Waals surface area contributed by atoms with Crippen molar-refractivity contribution in [2.45, 2.75) is 38.2 Å². The largest absolute Gasteiger partial charge is 0.508 e. The van der Waals surface area contributed by atoms with E-state index in [2.05, 4.69) is 6.92 Å². The second-order valence-electron chi connectivity index (χ2n) is 6.35. The zero-order chi connectivity index (χ0) is 14.9. The SMILES string of the molecule is CC[C@@H]1CO[C@@]2(CCCN(C(=O)c3cccc(O)c3)C2)C1. The number of hydrogen-bond donors (Lipinski definition) is 1. The van der Waals surface area contributed by atoms with Crippen LogP contribution in [0.5, 0.6) is 5.75 Å². The van der Waals surface area contributed by atoms with E-state index in [0.717, 1.165) is 38.8 Å². The lowest BCUT2D eigenvalue weighted by atomic mass is 9.85. The van der Waals surface area contributed by atoms with Crippen LogP contribution in [0.2, 0.25) is 0 Å². The van der Waals surface area contributed by atoms with Crippen molar-refractivity contribution in [3.8, 4) is 5.75 Å². The van der Waals surface area contributed by atoms with E-state index in [0.29, 0.717) is 18.0 Å². The Balaban J connectivity index is 1.73. The predicted octanol–water partition coefficient (Wildman–Crippen LogP) is 2.81. The van der Waals surface area contributed by atoms with Gasteiger partial charge in [0.2, 0.25) is 0 Å². The van der Waals surface area contributed by atoms with E-state index in [4.69, 9.17) is 4.74 Å². The number of likely N-dealkylation sites (tertiary alicyclic amines) is 1. The van der Waals surface area contributed by atoms with Crippen LogP contribution in [0.3, 0.4) is 0 Å². The molecule has 0 unspecified atom stereocenters. The molecule has 1 spiro atoms. The number of phenols is 1. The number of aromatic hydroxyl groups is 1. The average Bonchev–Trinajstić information content (AvgIpc) is 2.89. The molecule has 2 saturated heterocycles. The first-order valence-electron chi connectivity index (χ1n) is 7.84. The molecule has 4 heteroatoms. The van der Waals surface area contributed by atoms with Crippen LogP contribution in [0.1, 0.15) is 43.0 Å². The van der Waals surface area contributed by atoms with Crippen molar-refractivity contribution in [1.82, 2.24) is 4.90 Å². The van der Waals surface area contributed by atoms with E-state index in [1.165, 1.54) is 6.07 Å². The van der Waals surface area contributed by atoms with Crippen LogP contribution >= 0.6 is 0 Å². The predicted molar refractivity (Wildman–Crippen MR) is 80.3 cm³/mol. The molecule has 2 aliphatic rings. The molecule has 0 saturated carbocycles. The molecule has 3 rings (SSSR count). The fraction of sp³-hybridized carbons (Fsp3) is 0.588.